The van der Waals surface area contributed by atoms with Crippen molar-refractivity contribution in [3.63, 3.8) is 0 Å². The first-order valence-corrected chi connectivity index (χ1v) is 13.7. The Balaban J connectivity index is 2.19. The van der Waals surface area contributed by atoms with Gasteiger partial charge in [0.05, 0.1) is 11.9 Å². The number of hydrogen-bond acceptors (Lipinski definition) is 4. The Kier molecular flexibility index (Phi) is 10.4. The van der Waals surface area contributed by atoms with Crippen molar-refractivity contribution >= 4 is 39.1 Å². The zero-order chi connectivity index (χ0) is 25.3. The number of nitrogens with one attached hydrogen (secondary N) is 1. The Bertz CT molecular complexity index is 1070. The van der Waals surface area contributed by atoms with Crippen LogP contribution in [-0.4, -0.2) is 50.5 Å². The second-order valence-electron chi connectivity index (χ2n) is 8.24. The number of likely N-dealkylation sites (N-methyl/N-ethyl adjacent to an activating group) is 1. The van der Waals surface area contributed by atoms with E-state index in [-0.39, 0.29) is 24.8 Å². The number of sulfonamides is 1. The zero-order valence-electron chi connectivity index (χ0n) is 20.3. The summed E-state index contributed by atoms with van der Waals surface area (Å²) in [6.07, 6.45) is 2.01. The van der Waals surface area contributed by atoms with Gasteiger partial charge < -0.3 is 10.2 Å². The molecule has 7 nitrogen and oxygen atoms in total. The molecule has 0 spiro atoms. The third-order valence-corrected chi connectivity index (χ3v) is 6.89. The van der Waals surface area contributed by atoms with E-state index in [4.69, 9.17) is 11.6 Å². The smallest absolute Gasteiger partial charge is 0.242 e. The maximum absolute atomic E-state index is 13.3. The molecule has 0 unspecified atom stereocenters. The largest absolute Gasteiger partial charge is 0.355 e. The summed E-state index contributed by atoms with van der Waals surface area (Å²) < 4.78 is 26.0. The predicted molar refractivity (Wildman–Crippen MR) is 137 cm³/mol. The van der Waals surface area contributed by atoms with Crippen molar-refractivity contribution in [1.82, 2.24) is 10.2 Å². The first-order chi connectivity index (χ1) is 16.1. The van der Waals surface area contributed by atoms with Gasteiger partial charge in [0.15, 0.2) is 0 Å². The number of benzene rings is 2. The molecule has 0 radical (unpaired) electrons. The van der Waals surface area contributed by atoms with E-state index in [1.807, 2.05) is 45.0 Å². The van der Waals surface area contributed by atoms with Crippen LogP contribution in [-0.2, 0) is 26.2 Å². The van der Waals surface area contributed by atoms with Gasteiger partial charge in [-0.25, -0.2) is 8.42 Å². The Hall–Kier alpha value is -2.58. The molecule has 1 atom stereocenters. The maximum Gasteiger partial charge on any atom is 0.242 e. The van der Waals surface area contributed by atoms with Crippen LogP contribution in [0.5, 0.6) is 0 Å². The SMILES string of the molecule is CCNC(=O)[C@@H](CC)N(Cc1ccc(C)cc1)C(=O)CCCN(c1cccc(Cl)c1)S(C)(=O)=O. The van der Waals surface area contributed by atoms with Crippen LogP contribution in [0.15, 0.2) is 48.5 Å². The minimum Gasteiger partial charge on any atom is -0.355 e. The third kappa shape index (κ3) is 8.02. The molecule has 0 aliphatic rings. The Morgan fingerprint density at radius 3 is 2.32 bits per heavy atom. The van der Waals surface area contributed by atoms with E-state index in [0.717, 1.165) is 17.4 Å². The fourth-order valence-electron chi connectivity index (χ4n) is 3.74. The number of rotatable bonds is 12. The minimum absolute atomic E-state index is 0.106. The lowest BCUT2D eigenvalue weighted by atomic mass is 10.1. The van der Waals surface area contributed by atoms with Gasteiger partial charge in [0.25, 0.3) is 0 Å². The lowest BCUT2D eigenvalue weighted by Crippen LogP contribution is -2.49. The minimum atomic E-state index is -3.56. The van der Waals surface area contributed by atoms with E-state index in [1.165, 1.54) is 4.31 Å². The molecule has 0 heterocycles. The Morgan fingerprint density at radius 1 is 1.09 bits per heavy atom. The van der Waals surface area contributed by atoms with Gasteiger partial charge in [-0.15, -0.1) is 0 Å². The molecule has 0 aliphatic carbocycles. The summed E-state index contributed by atoms with van der Waals surface area (Å²) in [6, 6.07) is 13.8. The number of aryl methyl sites for hydroxylation is 1. The summed E-state index contributed by atoms with van der Waals surface area (Å²) in [6.45, 7) is 6.61. The first kappa shape index (κ1) is 27.7. The molecular weight excluding hydrogens is 474 g/mol. The van der Waals surface area contributed by atoms with Gasteiger partial charge in [-0.2, -0.15) is 0 Å². The molecule has 2 aromatic rings. The summed E-state index contributed by atoms with van der Waals surface area (Å²) in [7, 11) is -3.56. The first-order valence-electron chi connectivity index (χ1n) is 11.4. The third-order valence-electron chi connectivity index (χ3n) is 5.46. The molecule has 186 valence electrons. The van der Waals surface area contributed by atoms with Crippen LogP contribution >= 0.6 is 11.6 Å². The monoisotopic (exact) mass is 507 g/mol. The van der Waals surface area contributed by atoms with Crippen molar-refractivity contribution in [1.29, 1.82) is 0 Å². The normalized spacial score (nSPS) is 12.1. The fraction of sp³-hybridized carbons (Fsp3) is 0.440. The number of carbonyl (C=O) groups is 2. The second-order valence-corrected chi connectivity index (χ2v) is 10.6. The molecule has 2 amide bonds. The topological polar surface area (TPSA) is 86.8 Å². The van der Waals surface area contributed by atoms with Crippen LogP contribution in [0, 0.1) is 6.92 Å². The summed E-state index contributed by atoms with van der Waals surface area (Å²) in [5.74, 6) is -0.389. The Morgan fingerprint density at radius 2 is 1.76 bits per heavy atom. The maximum atomic E-state index is 13.3. The van der Waals surface area contributed by atoms with E-state index in [0.29, 0.717) is 36.6 Å². The standard InChI is InChI=1S/C25H34ClN3O4S/c1-5-23(25(31)27-6-2)28(18-20-14-12-19(3)13-15-20)24(30)11-8-16-29(34(4,32)33)22-10-7-9-21(26)17-22/h7,9-10,12-15,17,23H,5-6,8,11,16,18H2,1-4H3,(H,27,31)/t23-/m1/s1. The van der Waals surface area contributed by atoms with Crippen LogP contribution in [0.2, 0.25) is 5.02 Å². The van der Waals surface area contributed by atoms with Crippen molar-refractivity contribution in [2.45, 2.75) is 52.6 Å². The molecule has 0 aliphatic heterocycles. The number of anilines is 1. The van der Waals surface area contributed by atoms with Crippen LogP contribution in [0.3, 0.4) is 0 Å². The summed E-state index contributed by atoms with van der Waals surface area (Å²) in [5.41, 5.74) is 2.49. The molecule has 0 saturated heterocycles. The molecule has 0 bridgehead atoms. The number of halogens is 1. The van der Waals surface area contributed by atoms with Gasteiger partial charge >= 0.3 is 0 Å². The molecule has 34 heavy (non-hydrogen) atoms. The number of amides is 2. The zero-order valence-corrected chi connectivity index (χ0v) is 21.8. The molecule has 1 N–H and O–H groups in total. The van der Waals surface area contributed by atoms with Crippen LogP contribution in [0.4, 0.5) is 5.69 Å². The van der Waals surface area contributed by atoms with Gasteiger partial charge in [-0.1, -0.05) is 54.4 Å². The molecule has 0 aromatic heterocycles. The van der Waals surface area contributed by atoms with E-state index in [9.17, 15) is 18.0 Å². The quantitative estimate of drug-likeness (QED) is 0.467. The highest BCUT2D eigenvalue weighted by atomic mass is 35.5. The summed E-state index contributed by atoms with van der Waals surface area (Å²) >= 11 is 6.04. The number of hydrogen-bond donors (Lipinski definition) is 1. The van der Waals surface area contributed by atoms with Crippen molar-refractivity contribution < 1.29 is 18.0 Å². The fourth-order valence-corrected chi connectivity index (χ4v) is 4.88. The molecule has 2 aromatic carbocycles. The summed E-state index contributed by atoms with van der Waals surface area (Å²) in [4.78, 5) is 27.6. The van der Waals surface area contributed by atoms with E-state index in [1.54, 1.807) is 29.2 Å². The molecular formula is C25H34ClN3O4S. The van der Waals surface area contributed by atoms with Crippen LogP contribution in [0.25, 0.3) is 0 Å². The summed E-state index contributed by atoms with van der Waals surface area (Å²) in [5, 5.41) is 3.24. The van der Waals surface area contributed by atoms with Crippen LogP contribution < -0.4 is 9.62 Å². The van der Waals surface area contributed by atoms with Gasteiger partial charge in [-0.3, -0.25) is 13.9 Å². The Labute approximate surface area is 208 Å². The molecule has 0 fully saturated rings. The van der Waals surface area contributed by atoms with Gasteiger partial charge in [-0.05, 0) is 50.5 Å². The highest BCUT2D eigenvalue weighted by Crippen LogP contribution is 2.23. The number of carbonyl (C=O) groups excluding carboxylic acids is 2. The molecule has 9 heteroatoms. The highest BCUT2D eigenvalue weighted by molar-refractivity contribution is 7.92. The number of nitrogens with zero attached hydrogens (tertiary/aromatic N) is 2. The lowest BCUT2D eigenvalue weighted by Gasteiger charge is -2.31. The van der Waals surface area contributed by atoms with Gasteiger partial charge in [0.1, 0.15) is 6.04 Å². The molecule has 0 saturated carbocycles. The van der Waals surface area contributed by atoms with Crippen molar-refractivity contribution in [3.8, 4) is 0 Å². The van der Waals surface area contributed by atoms with Crippen molar-refractivity contribution in [3.05, 3.63) is 64.7 Å². The van der Waals surface area contributed by atoms with Gasteiger partial charge in [0.2, 0.25) is 21.8 Å². The van der Waals surface area contributed by atoms with Crippen molar-refractivity contribution in [2.75, 3.05) is 23.7 Å². The second kappa shape index (κ2) is 12.8. The van der Waals surface area contributed by atoms with E-state index in [2.05, 4.69) is 5.32 Å². The predicted octanol–water partition coefficient (Wildman–Crippen LogP) is 4.14. The average molecular weight is 508 g/mol. The van der Waals surface area contributed by atoms with E-state index < -0.39 is 16.1 Å². The molecule has 2 rings (SSSR count). The lowest BCUT2D eigenvalue weighted by molar-refractivity contribution is -0.141. The van der Waals surface area contributed by atoms with Crippen molar-refractivity contribution in [2.24, 2.45) is 0 Å². The highest BCUT2D eigenvalue weighted by Gasteiger charge is 2.28. The average Bonchev–Trinajstić information content (AvgIpc) is 2.77. The van der Waals surface area contributed by atoms with E-state index >= 15 is 0 Å². The van der Waals surface area contributed by atoms with Crippen LogP contribution in [0.1, 0.15) is 44.2 Å². The van der Waals surface area contributed by atoms with Gasteiger partial charge in [0, 0.05) is 31.1 Å².